The lowest BCUT2D eigenvalue weighted by atomic mass is 10.0. The predicted octanol–water partition coefficient (Wildman–Crippen LogP) is 1.71. The van der Waals surface area contributed by atoms with Gasteiger partial charge in [-0.15, -0.1) is 0 Å². The third kappa shape index (κ3) is 4.30. The van der Waals surface area contributed by atoms with Crippen molar-refractivity contribution >= 4 is 0 Å². The summed E-state index contributed by atoms with van der Waals surface area (Å²) in [4.78, 5) is 4.93. The van der Waals surface area contributed by atoms with Gasteiger partial charge < -0.3 is 10.6 Å². The van der Waals surface area contributed by atoms with Crippen LogP contribution in [0.2, 0.25) is 0 Å². The topological polar surface area (TPSA) is 32.5 Å². The highest BCUT2D eigenvalue weighted by atomic mass is 15.2. The van der Waals surface area contributed by atoms with E-state index in [1.807, 2.05) is 0 Å². The van der Waals surface area contributed by atoms with E-state index in [0.29, 0.717) is 0 Å². The van der Waals surface area contributed by atoms with Crippen LogP contribution in [0.5, 0.6) is 0 Å². The number of hydrogen-bond donors (Lipinski definition) is 1. The van der Waals surface area contributed by atoms with Crippen molar-refractivity contribution in [3.63, 3.8) is 0 Å². The molecule has 3 nitrogen and oxygen atoms in total. The molecule has 1 aliphatic heterocycles. The molecular weight excluding hydrogens is 234 g/mol. The van der Waals surface area contributed by atoms with E-state index in [1.54, 1.807) is 0 Å². The molecule has 0 bridgehead atoms. The monoisotopic (exact) mass is 261 g/mol. The molecule has 106 valence electrons. The molecule has 2 rings (SSSR count). The van der Waals surface area contributed by atoms with Gasteiger partial charge in [0.15, 0.2) is 0 Å². The second-order valence-corrected chi connectivity index (χ2v) is 5.80. The molecule has 0 amide bonds. The molecule has 1 saturated heterocycles. The Morgan fingerprint density at radius 3 is 2.32 bits per heavy atom. The number of nitrogens with two attached hydrogens (primary N) is 1. The van der Waals surface area contributed by atoms with Crippen molar-refractivity contribution in [1.29, 1.82) is 0 Å². The zero-order chi connectivity index (χ0) is 13.7. The largest absolute Gasteiger partial charge is 0.330 e. The van der Waals surface area contributed by atoms with E-state index in [4.69, 9.17) is 5.73 Å². The molecule has 19 heavy (non-hydrogen) atoms. The van der Waals surface area contributed by atoms with Crippen LogP contribution in [0.25, 0.3) is 0 Å². The van der Waals surface area contributed by atoms with Gasteiger partial charge in [0, 0.05) is 12.6 Å². The van der Waals surface area contributed by atoms with E-state index in [9.17, 15) is 0 Å². The van der Waals surface area contributed by atoms with Crippen molar-refractivity contribution in [3.05, 3.63) is 35.4 Å². The molecule has 0 aromatic heterocycles. The summed E-state index contributed by atoms with van der Waals surface area (Å²) in [5.41, 5.74) is 8.32. The van der Waals surface area contributed by atoms with Crippen LogP contribution in [-0.2, 0) is 13.0 Å². The maximum atomic E-state index is 5.58. The van der Waals surface area contributed by atoms with Gasteiger partial charge in [0.25, 0.3) is 0 Å². The van der Waals surface area contributed by atoms with E-state index in [1.165, 1.54) is 37.1 Å². The van der Waals surface area contributed by atoms with Gasteiger partial charge in [0.2, 0.25) is 0 Å². The normalized spacial score (nSPS) is 18.1. The zero-order valence-electron chi connectivity index (χ0n) is 12.3. The van der Waals surface area contributed by atoms with Crippen LogP contribution < -0.4 is 5.73 Å². The van der Waals surface area contributed by atoms with E-state index in [0.717, 1.165) is 25.6 Å². The Morgan fingerprint density at radius 1 is 1.16 bits per heavy atom. The standard InChI is InChI=1S/C16H27N3/c1-18-11-8-16(9-12-18)19(2)13-15-5-3-14(4-6-15)7-10-17/h3-6,16H,7-13,17H2,1-2H3. The van der Waals surface area contributed by atoms with Gasteiger partial charge in [-0.1, -0.05) is 24.3 Å². The Hall–Kier alpha value is -0.900. The average Bonchev–Trinajstić information content (AvgIpc) is 2.42. The summed E-state index contributed by atoms with van der Waals surface area (Å²) in [7, 11) is 4.47. The van der Waals surface area contributed by atoms with Gasteiger partial charge in [-0.2, -0.15) is 0 Å². The van der Waals surface area contributed by atoms with Gasteiger partial charge >= 0.3 is 0 Å². The van der Waals surface area contributed by atoms with E-state index in [-0.39, 0.29) is 0 Å². The Kier molecular flexibility index (Phi) is 5.37. The predicted molar refractivity (Wildman–Crippen MR) is 81.2 cm³/mol. The summed E-state index contributed by atoms with van der Waals surface area (Å²) in [6, 6.07) is 9.65. The highest BCUT2D eigenvalue weighted by molar-refractivity contribution is 5.22. The Morgan fingerprint density at radius 2 is 1.74 bits per heavy atom. The molecule has 1 aliphatic rings. The molecule has 2 N–H and O–H groups in total. The van der Waals surface area contributed by atoms with Crippen molar-refractivity contribution in [2.45, 2.75) is 31.8 Å². The van der Waals surface area contributed by atoms with Crippen molar-refractivity contribution in [1.82, 2.24) is 9.80 Å². The lowest BCUT2D eigenvalue weighted by Gasteiger charge is -2.35. The number of likely N-dealkylation sites (tertiary alicyclic amines) is 1. The first-order chi connectivity index (χ1) is 9.19. The van der Waals surface area contributed by atoms with Crippen LogP contribution in [0.15, 0.2) is 24.3 Å². The van der Waals surface area contributed by atoms with Gasteiger partial charge in [-0.3, -0.25) is 4.90 Å². The molecule has 1 heterocycles. The Balaban J connectivity index is 1.86. The van der Waals surface area contributed by atoms with Crippen LogP contribution >= 0.6 is 0 Å². The average molecular weight is 261 g/mol. The molecular formula is C16H27N3. The quantitative estimate of drug-likeness (QED) is 0.876. The van der Waals surface area contributed by atoms with Gasteiger partial charge in [-0.25, -0.2) is 0 Å². The summed E-state index contributed by atoms with van der Waals surface area (Å²) in [5.74, 6) is 0. The first kappa shape index (κ1) is 14.5. The molecule has 0 atom stereocenters. The Labute approximate surface area is 117 Å². The third-order valence-corrected chi connectivity index (χ3v) is 4.20. The molecule has 0 saturated carbocycles. The van der Waals surface area contributed by atoms with Gasteiger partial charge in [-0.05, 0) is 64.1 Å². The van der Waals surface area contributed by atoms with Crippen LogP contribution in [-0.4, -0.2) is 49.6 Å². The van der Waals surface area contributed by atoms with Crippen molar-refractivity contribution in [3.8, 4) is 0 Å². The molecule has 1 fully saturated rings. The summed E-state index contributed by atoms with van der Waals surface area (Å²) >= 11 is 0. The summed E-state index contributed by atoms with van der Waals surface area (Å²) in [6.07, 6.45) is 3.56. The third-order valence-electron chi connectivity index (χ3n) is 4.20. The minimum atomic E-state index is 0.731. The summed E-state index contributed by atoms with van der Waals surface area (Å²) in [6.45, 7) is 4.24. The van der Waals surface area contributed by atoms with Crippen LogP contribution in [0.4, 0.5) is 0 Å². The maximum absolute atomic E-state index is 5.58. The van der Waals surface area contributed by atoms with Crippen LogP contribution in [0.3, 0.4) is 0 Å². The molecule has 1 aromatic carbocycles. The molecule has 1 aromatic rings. The minimum Gasteiger partial charge on any atom is -0.330 e. The number of nitrogens with zero attached hydrogens (tertiary/aromatic N) is 2. The van der Waals surface area contributed by atoms with Crippen LogP contribution in [0, 0.1) is 0 Å². The van der Waals surface area contributed by atoms with Gasteiger partial charge in [0.05, 0.1) is 0 Å². The van der Waals surface area contributed by atoms with Crippen molar-refractivity contribution in [2.24, 2.45) is 5.73 Å². The zero-order valence-corrected chi connectivity index (χ0v) is 12.3. The number of rotatable bonds is 5. The summed E-state index contributed by atoms with van der Waals surface area (Å²) in [5, 5.41) is 0. The minimum absolute atomic E-state index is 0.731. The van der Waals surface area contributed by atoms with Crippen LogP contribution in [0.1, 0.15) is 24.0 Å². The second kappa shape index (κ2) is 7.04. The highest BCUT2D eigenvalue weighted by Gasteiger charge is 2.20. The lowest BCUT2D eigenvalue weighted by Crippen LogP contribution is -2.41. The van der Waals surface area contributed by atoms with E-state index >= 15 is 0 Å². The second-order valence-electron chi connectivity index (χ2n) is 5.80. The first-order valence-corrected chi connectivity index (χ1v) is 7.35. The number of piperidine rings is 1. The Bertz CT molecular complexity index is 366. The highest BCUT2D eigenvalue weighted by Crippen LogP contribution is 2.16. The SMILES string of the molecule is CN1CCC(N(C)Cc2ccc(CCN)cc2)CC1. The maximum Gasteiger partial charge on any atom is 0.0233 e. The fraction of sp³-hybridized carbons (Fsp3) is 0.625. The fourth-order valence-electron chi connectivity index (χ4n) is 2.83. The lowest BCUT2D eigenvalue weighted by molar-refractivity contribution is 0.139. The number of hydrogen-bond acceptors (Lipinski definition) is 3. The fourth-order valence-corrected chi connectivity index (χ4v) is 2.83. The summed E-state index contributed by atoms with van der Waals surface area (Å²) < 4.78 is 0. The van der Waals surface area contributed by atoms with Gasteiger partial charge in [0.1, 0.15) is 0 Å². The number of benzene rings is 1. The van der Waals surface area contributed by atoms with E-state index < -0.39 is 0 Å². The van der Waals surface area contributed by atoms with Crippen molar-refractivity contribution < 1.29 is 0 Å². The first-order valence-electron chi connectivity index (χ1n) is 7.35. The molecule has 0 unspecified atom stereocenters. The molecule has 0 aliphatic carbocycles. The van der Waals surface area contributed by atoms with Crippen molar-refractivity contribution in [2.75, 3.05) is 33.7 Å². The molecule has 3 heteroatoms. The molecule has 0 radical (unpaired) electrons. The van der Waals surface area contributed by atoms with E-state index in [2.05, 4.69) is 48.2 Å². The smallest absolute Gasteiger partial charge is 0.0233 e. The molecule has 0 spiro atoms.